The van der Waals surface area contributed by atoms with Gasteiger partial charge in [0.25, 0.3) is 5.91 Å². The summed E-state index contributed by atoms with van der Waals surface area (Å²) >= 11 is 0. The summed E-state index contributed by atoms with van der Waals surface area (Å²) in [7, 11) is 0. The Bertz CT molecular complexity index is 1120. The molecular formula is C23H24N4O3. The van der Waals surface area contributed by atoms with Crippen LogP contribution < -0.4 is 10.2 Å². The summed E-state index contributed by atoms with van der Waals surface area (Å²) < 4.78 is 7.66. The van der Waals surface area contributed by atoms with Crippen molar-refractivity contribution in [1.82, 2.24) is 9.55 Å². The summed E-state index contributed by atoms with van der Waals surface area (Å²) in [4.78, 5) is 32.6. The molecule has 1 fully saturated rings. The van der Waals surface area contributed by atoms with Crippen LogP contribution >= 0.6 is 0 Å². The molecule has 1 N–H and O–H groups in total. The van der Waals surface area contributed by atoms with E-state index >= 15 is 0 Å². The second kappa shape index (κ2) is 7.57. The second-order valence-electron chi connectivity index (χ2n) is 7.94. The van der Waals surface area contributed by atoms with Crippen molar-refractivity contribution in [2.24, 2.45) is 0 Å². The first kappa shape index (κ1) is 18.8. The van der Waals surface area contributed by atoms with Crippen LogP contribution in [0, 0.1) is 6.92 Å². The highest BCUT2D eigenvalue weighted by Crippen LogP contribution is 2.37. The summed E-state index contributed by atoms with van der Waals surface area (Å²) in [5, 5.41) is 2.95. The number of carbonyl (C=O) groups excluding carboxylic acids is 2. The van der Waals surface area contributed by atoms with Crippen LogP contribution in [-0.2, 0) is 14.3 Å². The number of rotatable bonds is 5. The molecule has 0 radical (unpaired) electrons. The maximum absolute atomic E-state index is 13.3. The van der Waals surface area contributed by atoms with Crippen LogP contribution in [-0.4, -0.2) is 40.6 Å². The first-order chi connectivity index (χ1) is 14.6. The number of ether oxygens (including phenoxy) is 1. The van der Waals surface area contributed by atoms with Gasteiger partial charge in [-0.25, -0.2) is 4.98 Å². The molecule has 0 saturated carbocycles. The van der Waals surface area contributed by atoms with E-state index in [2.05, 4.69) is 5.32 Å². The number of imidazole rings is 1. The molecule has 0 spiro atoms. The third-order valence-electron chi connectivity index (χ3n) is 5.89. The van der Waals surface area contributed by atoms with Gasteiger partial charge in [0.15, 0.2) is 0 Å². The molecule has 2 aliphatic rings. The standard InChI is InChI=1S/C23H24N4O3/c1-15-7-2-3-9-17(15)24-21(28)13-20-22(29)26(14-16-8-6-12-30-16)23-25-18-10-4-5-11-19(18)27(20)23/h2-5,7,9-11,16,20H,6,8,12-14H2,1H3,(H,24,28)/t16-,20-/m1/s1. The van der Waals surface area contributed by atoms with E-state index < -0.39 is 6.04 Å². The Morgan fingerprint density at radius 1 is 1.20 bits per heavy atom. The van der Waals surface area contributed by atoms with Crippen LogP contribution in [0.4, 0.5) is 11.6 Å². The first-order valence-corrected chi connectivity index (χ1v) is 10.4. The number of aryl methyl sites for hydroxylation is 1. The maximum Gasteiger partial charge on any atom is 0.253 e. The zero-order valence-corrected chi connectivity index (χ0v) is 16.9. The molecule has 2 amide bonds. The minimum absolute atomic E-state index is 0.0155. The predicted octanol–water partition coefficient (Wildman–Crippen LogP) is 3.44. The lowest BCUT2D eigenvalue weighted by molar-refractivity contribution is -0.124. The number of carbonyl (C=O) groups is 2. The summed E-state index contributed by atoms with van der Waals surface area (Å²) in [6.07, 6.45) is 2.01. The van der Waals surface area contributed by atoms with E-state index in [0.717, 1.165) is 41.7 Å². The Labute approximate surface area is 174 Å². The zero-order chi connectivity index (χ0) is 20.7. The fraction of sp³-hybridized carbons (Fsp3) is 0.348. The summed E-state index contributed by atoms with van der Waals surface area (Å²) in [6, 6.07) is 14.7. The van der Waals surface area contributed by atoms with Gasteiger partial charge >= 0.3 is 0 Å². The first-order valence-electron chi connectivity index (χ1n) is 10.4. The van der Waals surface area contributed by atoms with Gasteiger partial charge in [0.2, 0.25) is 11.9 Å². The number of anilines is 2. The minimum atomic E-state index is -0.613. The molecule has 7 nitrogen and oxygen atoms in total. The normalized spacial score (nSPS) is 20.7. The van der Waals surface area contributed by atoms with Crippen LogP contribution in [0.2, 0.25) is 0 Å². The molecule has 1 aromatic heterocycles. The van der Waals surface area contributed by atoms with Gasteiger partial charge in [-0.05, 0) is 43.5 Å². The number of benzene rings is 2. The summed E-state index contributed by atoms with van der Waals surface area (Å²) in [5.74, 6) is 0.314. The molecule has 2 atom stereocenters. The Morgan fingerprint density at radius 2 is 2.00 bits per heavy atom. The van der Waals surface area contributed by atoms with E-state index in [9.17, 15) is 9.59 Å². The molecule has 30 heavy (non-hydrogen) atoms. The highest BCUT2D eigenvalue weighted by atomic mass is 16.5. The number of nitrogens with zero attached hydrogens (tertiary/aromatic N) is 3. The van der Waals surface area contributed by atoms with Gasteiger partial charge < -0.3 is 10.1 Å². The van der Waals surface area contributed by atoms with Crippen LogP contribution in [0.3, 0.4) is 0 Å². The van der Waals surface area contributed by atoms with Gasteiger partial charge in [0.05, 0.1) is 30.1 Å². The fourth-order valence-electron chi connectivity index (χ4n) is 4.35. The highest BCUT2D eigenvalue weighted by Gasteiger charge is 2.42. The molecule has 0 unspecified atom stereocenters. The van der Waals surface area contributed by atoms with E-state index in [1.165, 1.54) is 0 Å². The number of hydrogen-bond acceptors (Lipinski definition) is 4. The van der Waals surface area contributed by atoms with Gasteiger partial charge in [-0.2, -0.15) is 0 Å². The third-order valence-corrected chi connectivity index (χ3v) is 5.89. The fourth-order valence-corrected chi connectivity index (χ4v) is 4.35. The van der Waals surface area contributed by atoms with Gasteiger partial charge in [-0.1, -0.05) is 30.3 Å². The minimum Gasteiger partial charge on any atom is -0.376 e. The maximum atomic E-state index is 13.3. The molecule has 154 valence electrons. The summed E-state index contributed by atoms with van der Waals surface area (Å²) in [6.45, 7) is 3.14. The number of aromatic nitrogens is 2. The van der Waals surface area contributed by atoms with Gasteiger partial charge in [-0.3, -0.25) is 19.1 Å². The molecule has 3 aromatic rings. The zero-order valence-electron chi connectivity index (χ0n) is 16.9. The van der Waals surface area contributed by atoms with Crippen molar-refractivity contribution in [2.75, 3.05) is 23.4 Å². The SMILES string of the molecule is Cc1ccccc1NC(=O)C[C@@H]1C(=O)N(C[C@H]2CCCO2)c2nc3ccccc3n21. The largest absolute Gasteiger partial charge is 0.376 e. The quantitative estimate of drug-likeness (QED) is 0.707. The van der Waals surface area contributed by atoms with E-state index in [0.29, 0.717) is 12.5 Å². The number of amides is 2. The van der Waals surface area contributed by atoms with E-state index in [-0.39, 0.29) is 24.3 Å². The van der Waals surface area contributed by atoms with Crippen molar-refractivity contribution in [3.8, 4) is 0 Å². The van der Waals surface area contributed by atoms with Crippen LogP contribution in [0.25, 0.3) is 11.0 Å². The van der Waals surface area contributed by atoms with Gasteiger partial charge in [0, 0.05) is 12.3 Å². The Morgan fingerprint density at radius 3 is 2.80 bits per heavy atom. The molecule has 2 aliphatic heterocycles. The topological polar surface area (TPSA) is 76.5 Å². The number of para-hydroxylation sites is 3. The molecule has 0 aliphatic carbocycles. The molecule has 1 saturated heterocycles. The molecular weight excluding hydrogens is 380 g/mol. The number of nitrogens with one attached hydrogen (secondary N) is 1. The lowest BCUT2D eigenvalue weighted by atomic mass is 10.1. The smallest absolute Gasteiger partial charge is 0.253 e. The van der Waals surface area contributed by atoms with Crippen molar-refractivity contribution in [3.05, 3.63) is 54.1 Å². The van der Waals surface area contributed by atoms with Crippen LogP contribution in [0.5, 0.6) is 0 Å². The Balaban J connectivity index is 1.45. The lowest BCUT2D eigenvalue weighted by Gasteiger charge is -2.19. The molecule has 3 heterocycles. The lowest BCUT2D eigenvalue weighted by Crippen LogP contribution is -2.37. The Kier molecular flexibility index (Phi) is 4.75. The monoisotopic (exact) mass is 404 g/mol. The number of hydrogen-bond donors (Lipinski definition) is 1. The molecule has 7 heteroatoms. The van der Waals surface area contributed by atoms with Crippen LogP contribution in [0.1, 0.15) is 30.9 Å². The van der Waals surface area contributed by atoms with Crippen LogP contribution in [0.15, 0.2) is 48.5 Å². The summed E-state index contributed by atoms with van der Waals surface area (Å²) in [5.41, 5.74) is 3.43. The van der Waals surface area contributed by atoms with Crippen molar-refractivity contribution < 1.29 is 14.3 Å². The number of fused-ring (bicyclic) bond motifs is 3. The second-order valence-corrected chi connectivity index (χ2v) is 7.94. The molecule has 2 aromatic carbocycles. The molecule has 5 rings (SSSR count). The molecule has 0 bridgehead atoms. The predicted molar refractivity (Wildman–Crippen MR) is 115 cm³/mol. The average molecular weight is 404 g/mol. The average Bonchev–Trinajstić information content (AvgIpc) is 3.44. The van der Waals surface area contributed by atoms with E-state index in [1.807, 2.05) is 60.0 Å². The third kappa shape index (κ3) is 3.25. The van der Waals surface area contributed by atoms with Crippen molar-refractivity contribution >= 4 is 34.5 Å². The van der Waals surface area contributed by atoms with Crippen molar-refractivity contribution in [3.63, 3.8) is 0 Å². The highest BCUT2D eigenvalue weighted by molar-refractivity contribution is 6.05. The Hall–Kier alpha value is -3.19. The van der Waals surface area contributed by atoms with Gasteiger partial charge in [-0.15, -0.1) is 0 Å². The van der Waals surface area contributed by atoms with Gasteiger partial charge in [0.1, 0.15) is 6.04 Å². The van der Waals surface area contributed by atoms with E-state index in [4.69, 9.17) is 9.72 Å². The van der Waals surface area contributed by atoms with E-state index in [1.54, 1.807) is 4.90 Å². The van der Waals surface area contributed by atoms with Crippen molar-refractivity contribution in [2.45, 2.75) is 38.3 Å². The van der Waals surface area contributed by atoms with Crippen molar-refractivity contribution in [1.29, 1.82) is 0 Å².